The molecule has 0 spiro atoms. The minimum Gasteiger partial charge on any atom is -0.385 e. The van der Waals surface area contributed by atoms with Gasteiger partial charge < -0.3 is 4.74 Å². The van der Waals surface area contributed by atoms with E-state index in [2.05, 4.69) is 10.2 Å². The number of hydrogen-bond acceptors (Lipinski definition) is 5. The number of methoxy groups -OCH3 is 1. The zero-order valence-electron chi connectivity index (χ0n) is 10.4. The molecule has 2 heterocycles. The minimum atomic E-state index is -0.178. The largest absolute Gasteiger partial charge is 0.385 e. The quantitative estimate of drug-likeness (QED) is 0.629. The lowest BCUT2D eigenvalue weighted by atomic mass is 10.4. The summed E-state index contributed by atoms with van der Waals surface area (Å²) in [6.07, 6.45) is 0.786. The molecule has 104 valence electrons. The average Bonchev–Trinajstić information content (AvgIpc) is 2.95. The molecule has 8 heteroatoms. The molecule has 0 saturated heterocycles. The predicted octanol–water partition coefficient (Wildman–Crippen LogP) is 2.62. The van der Waals surface area contributed by atoms with E-state index in [1.54, 1.807) is 23.0 Å². The summed E-state index contributed by atoms with van der Waals surface area (Å²) in [5.41, 5.74) is -0.178. The van der Waals surface area contributed by atoms with Gasteiger partial charge in [0, 0.05) is 30.9 Å². The second-order valence-corrected chi connectivity index (χ2v) is 6.55. The van der Waals surface area contributed by atoms with E-state index in [0.29, 0.717) is 18.3 Å². The fourth-order valence-corrected chi connectivity index (χ4v) is 3.65. The maximum Gasteiger partial charge on any atom is 0.343 e. The first-order valence-electron chi connectivity index (χ1n) is 5.72. The maximum absolute atomic E-state index is 11.6. The number of aromatic nitrogens is 3. The van der Waals surface area contributed by atoms with Crippen LogP contribution in [0.4, 0.5) is 0 Å². The summed E-state index contributed by atoms with van der Waals surface area (Å²) in [6.45, 7) is 1.24. The Hall–Kier alpha value is -0.760. The van der Waals surface area contributed by atoms with Crippen molar-refractivity contribution in [2.45, 2.75) is 23.9 Å². The van der Waals surface area contributed by atoms with Gasteiger partial charge in [0.2, 0.25) is 0 Å². The SMILES string of the molecule is COCCCn1c(SCc2ccc(Cl)s2)n[nH]c1=O. The molecule has 0 saturated carbocycles. The van der Waals surface area contributed by atoms with E-state index in [1.807, 2.05) is 12.1 Å². The van der Waals surface area contributed by atoms with Crippen LogP contribution in [0.15, 0.2) is 22.1 Å². The molecule has 0 unspecified atom stereocenters. The van der Waals surface area contributed by atoms with Crippen molar-refractivity contribution in [1.29, 1.82) is 0 Å². The summed E-state index contributed by atoms with van der Waals surface area (Å²) in [5, 5.41) is 7.21. The fourth-order valence-electron chi connectivity index (χ4n) is 1.54. The Labute approximate surface area is 123 Å². The number of nitrogens with zero attached hydrogens (tertiary/aromatic N) is 2. The zero-order chi connectivity index (χ0) is 13.7. The topological polar surface area (TPSA) is 59.9 Å². The van der Waals surface area contributed by atoms with E-state index < -0.39 is 0 Å². The van der Waals surface area contributed by atoms with E-state index in [-0.39, 0.29) is 5.69 Å². The molecule has 0 aliphatic rings. The van der Waals surface area contributed by atoms with Gasteiger partial charge in [-0.25, -0.2) is 9.89 Å². The van der Waals surface area contributed by atoms with E-state index in [9.17, 15) is 4.79 Å². The molecule has 5 nitrogen and oxygen atoms in total. The minimum absolute atomic E-state index is 0.178. The number of halogens is 1. The van der Waals surface area contributed by atoms with Crippen molar-refractivity contribution in [1.82, 2.24) is 14.8 Å². The molecule has 19 heavy (non-hydrogen) atoms. The zero-order valence-corrected chi connectivity index (χ0v) is 12.8. The number of aromatic amines is 1. The van der Waals surface area contributed by atoms with Crippen LogP contribution in [0.3, 0.4) is 0 Å². The summed E-state index contributed by atoms with van der Waals surface area (Å²) >= 11 is 8.94. The molecule has 0 aromatic carbocycles. The summed E-state index contributed by atoms with van der Waals surface area (Å²) in [4.78, 5) is 12.8. The highest BCUT2D eigenvalue weighted by Crippen LogP contribution is 2.27. The van der Waals surface area contributed by atoms with Crippen LogP contribution in [0.5, 0.6) is 0 Å². The van der Waals surface area contributed by atoms with Gasteiger partial charge in [0.15, 0.2) is 5.16 Å². The highest BCUT2D eigenvalue weighted by Gasteiger charge is 2.09. The van der Waals surface area contributed by atoms with Crippen LogP contribution in [0.25, 0.3) is 0 Å². The van der Waals surface area contributed by atoms with Gasteiger partial charge in [-0.2, -0.15) is 0 Å². The molecule has 0 aliphatic carbocycles. The second kappa shape index (κ2) is 7.14. The van der Waals surface area contributed by atoms with E-state index in [4.69, 9.17) is 16.3 Å². The van der Waals surface area contributed by atoms with Gasteiger partial charge >= 0.3 is 5.69 Å². The van der Waals surface area contributed by atoms with Crippen LogP contribution < -0.4 is 5.69 Å². The Bertz CT molecular complexity index is 579. The number of rotatable bonds is 7. The van der Waals surface area contributed by atoms with Crippen molar-refractivity contribution in [2.75, 3.05) is 13.7 Å². The predicted molar refractivity (Wildman–Crippen MR) is 78.2 cm³/mol. The highest BCUT2D eigenvalue weighted by atomic mass is 35.5. The van der Waals surface area contributed by atoms with Crippen LogP contribution >= 0.6 is 34.7 Å². The third kappa shape index (κ3) is 4.10. The Kier molecular flexibility index (Phi) is 5.50. The molecule has 0 bridgehead atoms. The summed E-state index contributed by atoms with van der Waals surface area (Å²) < 4.78 is 7.40. The summed E-state index contributed by atoms with van der Waals surface area (Å²) in [6, 6.07) is 3.86. The van der Waals surface area contributed by atoms with Crippen LogP contribution in [0.2, 0.25) is 4.34 Å². The van der Waals surface area contributed by atoms with Crippen molar-refractivity contribution in [3.8, 4) is 0 Å². The molecule has 2 rings (SSSR count). The number of H-pyrrole nitrogens is 1. The van der Waals surface area contributed by atoms with Crippen molar-refractivity contribution < 1.29 is 4.74 Å². The summed E-state index contributed by atoms with van der Waals surface area (Å²) in [5.74, 6) is 0.756. The first-order valence-corrected chi connectivity index (χ1v) is 7.90. The Morgan fingerprint density at radius 3 is 3.11 bits per heavy atom. The van der Waals surface area contributed by atoms with Gasteiger partial charge in [0.05, 0.1) is 4.34 Å². The van der Waals surface area contributed by atoms with Crippen molar-refractivity contribution >= 4 is 34.7 Å². The van der Waals surface area contributed by atoms with Gasteiger partial charge in [-0.3, -0.25) is 4.57 Å². The van der Waals surface area contributed by atoms with Crippen LogP contribution in [0.1, 0.15) is 11.3 Å². The first kappa shape index (κ1) is 14.6. The van der Waals surface area contributed by atoms with Gasteiger partial charge in [-0.05, 0) is 18.6 Å². The lowest BCUT2D eigenvalue weighted by Gasteiger charge is -2.04. The third-order valence-electron chi connectivity index (χ3n) is 2.43. The number of hydrogen-bond donors (Lipinski definition) is 1. The molecule has 2 aromatic heterocycles. The molecule has 0 aliphatic heterocycles. The third-order valence-corrected chi connectivity index (χ3v) is 4.86. The van der Waals surface area contributed by atoms with E-state index >= 15 is 0 Å². The number of thiophene rings is 1. The van der Waals surface area contributed by atoms with Gasteiger partial charge in [-0.1, -0.05) is 23.4 Å². The van der Waals surface area contributed by atoms with Gasteiger partial charge in [-0.15, -0.1) is 16.4 Å². The van der Waals surface area contributed by atoms with Crippen LogP contribution in [-0.2, 0) is 17.0 Å². The van der Waals surface area contributed by atoms with Gasteiger partial charge in [0.1, 0.15) is 0 Å². The van der Waals surface area contributed by atoms with Crippen molar-refractivity contribution in [2.24, 2.45) is 0 Å². The van der Waals surface area contributed by atoms with Gasteiger partial charge in [0.25, 0.3) is 0 Å². The monoisotopic (exact) mass is 319 g/mol. The Morgan fingerprint density at radius 2 is 2.42 bits per heavy atom. The normalized spacial score (nSPS) is 11.1. The lowest BCUT2D eigenvalue weighted by Crippen LogP contribution is -2.18. The molecule has 0 atom stereocenters. The fraction of sp³-hybridized carbons (Fsp3) is 0.455. The number of ether oxygens (including phenoxy) is 1. The van der Waals surface area contributed by atoms with E-state index in [0.717, 1.165) is 21.4 Å². The smallest absolute Gasteiger partial charge is 0.343 e. The molecule has 0 fully saturated rings. The summed E-state index contributed by atoms with van der Waals surface area (Å²) in [7, 11) is 1.65. The van der Waals surface area contributed by atoms with E-state index in [1.165, 1.54) is 11.8 Å². The van der Waals surface area contributed by atoms with Crippen molar-refractivity contribution in [3.63, 3.8) is 0 Å². The number of nitrogens with one attached hydrogen (secondary N) is 1. The van der Waals surface area contributed by atoms with Crippen LogP contribution in [0, 0.1) is 0 Å². The standard InChI is InChI=1S/C11H14ClN3O2S2/c1-17-6-2-5-15-10(16)13-14-11(15)18-7-8-3-4-9(12)19-8/h3-4H,2,5-7H2,1H3,(H,13,16). The Balaban J connectivity index is 1.98. The average molecular weight is 320 g/mol. The molecular weight excluding hydrogens is 306 g/mol. The Morgan fingerprint density at radius 1 is 1.58 bits per heavy atom. The number of thioether (sulfide) groups is 1. The van der Waals surface area contributed by atoms with Crippen LogP contribution in [-0.4, -0.2) is 28.5 Å². The van der Waals surface area contributed by atoms with Crippen molar-refractivity contribution in [3.05, 3.63) is 31.8 Å². The molecule has 0 amide bonds. The lowest BCUT2D eigenvalue weighted by molar-refractivity contribution is 0.189. The second-order valence-electron chi connectivity index (χ2n) is 3.80. The molecule has 2 aromatic rings. The molecular formula is C11H14ClN3O2S2. The maximum atomic E-state index is 11.6. The highest BCUT2D eigenvalue weighted by molar-refractivity contribution is 7.98. The molecule has 0 radical (unpaired) electrons. The molecule has 1 N–H and O–H groups in total. The first-order chi connectivity index (χ1) is 9.20.